The van der Waals surface area contributed by atoms with Crippen LogP contribution in [-0.4, -0.2) is 11.8 Å². The van der Waals surface area contributed by atoms with Crippen LogP contribution in [0, 0.1) is 0 Å². The topological polar surface area (TPSA) is 58.2 Å². The first-order valence-corrected chi connectivity index (χ1v) is 9.79. The molecule has 0 fully saturated rings. The van der Waals surface area contributed by atoms with Crippen molar-refractivity contribution in [1.29, 1.82) is 0 Å². The molecule has 0 atom stereocenters. The molecular formula is C20H16N2O2S2. The number of anilines is 1. The van der Waals surface area contributed by atoms with E-state index in [1.165, 1.54) is 33.0 Å². The van der Waals surface area contributed by atoms with Gasteiger partial charge >= 0.3 is 0 Å². The SMILES string of the molecule is CC(=O)Nc1ccc(CNC(=O)c2cc3sc4ccccc4c3s2)cc1. The summed E-state index contributed by atoms with van der Waals surface area (Å²) < 4.78 is 3.58. The maximum absolute atomic E-state index is 12.5. The molecule has 0 saturated carbocycles. The Morgan fingerprint density at radius 2 is 1.73 bits per heavy atom. The smallest absolute Gasteiger partial charge is 0.261 e. The van der Waals surface area contributed by atoms with Gasteiger partial charge in [0.05, 0.1) is 9.58 Å². The van der Waals surface area contributed by atoms with Gasteiger partial charge in [0.15, 0.2) is 0 Å². The number of rotatable bonds is 4. The second-order valence-electron chi connectivity index (χ2n) is 5.96. The number of benzene rings is 2. The molecule has 26 heavy (non-hydrogen) atoms. The summed E-state index contributed by atoms with van der Waals surface area (Å²) >= 11 is 3.25. The molecule has 2 heterocycles. The van der Waals surface area contributed by atoms with Gasteiger partial charge in [0, 0.05) is 33.9 Å². The third kappa shape index (κ3) is 3.34. The Morgan fingerprint density at radius 3 is 2.50 bits per heavy atom. The molecule has 0 aliphatic rings. The monoisotopic (exact) mass is 380 g/mol. The maximum Gasteiger partial charge on any atom is 0.261 e. The van der Waals surface area contributed by atoms with E-state index in [0.717, 1.165) is 20.8 Å². The molecule has 0 spiro atoms. The van der Waals surface area contributed by atoms with Gasteiger partial charge in [-0.25, -0.2) is 0 Å². The Hall–Kier alpha value is -2.70. The zero-order valence-electron chi connectivity index (χ0n) is 14.0. The van der Waals surface area contributed by atoms with Crippen LogP contribution in [0.5, 0.6) is 0 Å². The second kappa shape index (κ2) is 6.90. The van der Waals surface area contributed by atoms with Crippen LogP contribution in [0.15, 0.2) is 54.6 Å². The molecule has 2 aromatic carbocycles. The average molecular weight is 380 g/mol. The summed E-state index contributed by atoms with van der Waals surface area (Å²) in [5.74, 6) is -0.162. The zero-order chi connectivity index (χ0) is 18.1. The fourth-order valence-corrected chi connectivity index (χ4v) is 5.23. The summed E-state index contributed by atoms with van der Waals surface area (Å²) in [6.45, 7) is 1.93. The summed E-state index contributed by atoms with van der Waals surface area (Å²) in [6, 6.07) is 17.7. The molecule has 6 heteroatoms. The lowest BCUT2D eigenvalue weighted by Gasteiger charge is -2.06. The molecule has 0 unspecified atom stereocenters. The van der Waals surface area contributed by atoms with Crippen molar-refractivity contribution in [3.05, 3.63) is 65.0 Å². The van der Waals surface area contributed by atoms with Crippen LogP contribution in [0.3, 0.4) is 0 Å². The molecule has 130 valence electrons. The minimum Gasteiger partial charge on any atom is -0.347 e. The molecule has 2 N–H and O–H groups in total. The molecule has 4 rings (SSSR count). The van der Waals surface area contributed by atoms with E-state index in [0.29, 0.717) is 6.54 Å². The molecule has 0 radical (unpaired) electrons. The van der Waals surface area contributed by atoms with E-state index in [-0.39, 0.29) is 11.8 Å². The first-order chi connectivity index (χ1) is 12.6. The van der Waals surface area contributed by atoms with Gasteiger partial charge in [-0.2, -0.15) is 0 Å². The summed E-state index contributed by atoms with van der Waals surface area (Å²) in [7, 11) is 0. The summed E-state index contributed by atoms with van der Waals surface area (Å²) in [5, 5.41) is 6.90. The van der Waals surface area contributed by atoms with Crippen molar-refractivity contribution in [2.75, 3.05) is 5.32 Å². The van der Waals surface area contributed by atoms with Gasteiger partial charge < -0.3 is 10.6 Å². The minimum absolute atomic E-state index is 0.0616. The fourth-order valence-electron chi connectivity index (χ4n) is 2.79. The summed E-state index contributed by atoms with van der Waals surface area (Å²) in [4.78, 5) is 24.2. The molecule has 2 amide bonds. The third-order valence-corrected chi connectivity index (χ3v) is 6.41. The molecule has 4 aromatic rings. The summed E-state index contributed by atoms with van der Waals surface area (Å²) in [5.41, 5.74) is 1.73. The number of amides is 2. The number of carbonyl (C=O) groups is 2. The predicted octanol–water partition coefficient (Wildman–Crippen LogP) is 5.00. The molecule has 0 aliphatic carbocycles. The van der Waals surface area contributed by atoms with Crippen molar-refractivity contribution >= 4 is 59.7 Å². The number of hydrogen-bond donors (Lipinski definition) is 2. The normalized spacial score (nSPS) is 11.0. The van der Waals surface area contributed by atoms with Crippen molar-refractivity contribution in [1.82, 2.24) is 5.32 Å². The highest BCUT2D eigenvalue weighted by Crippen LogP contribution is 2.39. The van der Waals surface area contributed by atoms with Gasteiger partial charge in [-0.3, -0.25) is 9.59 Å². The largest absolute Gasteiger partial charge is 0.347 e. The maximum atomic E-state index is 12.5. The van der Waals surface area contributed by atoms with E-state index in [4.69, 9.17) is 0 Å². The van der Waals surface area contributed by atoms with Gasteiger partial charge in [0.25, 0.3) is 5.91 Å². The van der Waals surface area contributed by atoms with Crippen LogP contribution in [0.4, 0.5) is 5.69 Å². The van der Waals surface area contributed by atoms with Crippen molar-refractivity contribution < 1.29 is 9.59 Å². The van der Waals surface area contributed by atoms with E-state index >= 15 is 0 Å². The first-order valence-electron chi connectivity index (χ1n) is 8.16. The molecule has 0 saturated heterocycles. The molecule has 4 nitrogen and oxygen atoms in total. The number of nitrogens with one attached hydrogen (secondary N) is 2. The molecule has 0 bridgehead atoms. The number of thiophene rings is 2. The number of hydrogen-bond acceptors (Lipinski definition) is 4. The quantitative estimate of drug-likeness (QED) is 0.523. The first kappa shape index (κ1) is 16.8. The lowest BCUT2D eigenvalue weighted by Crippen LogP contribution is -2.21. The highest BCUT2D eigenvalue weighted by atomic mass is 32.1. The Bertz CT molecular complexity index is 1110. The van der Waals surface area contributed by atoms with Gasteiger partial charge in [-0.05, 0) is 29.8 Å². The van der Waals surface area contributed by atoms with Gasteiger partial charge in [0.2, 0.25) is 5.91 Å². The highest BCUT2D eigenvalue weighted by Gasteiger charge is 2.14. The van der Waals surface area contributed by atoms with Crippen LogP contribution >= 0.6 is 22.7 Å². The van der Waals surface area contributed by atoms with Gasteiger partial charge in [0.1, 0.15) is 0 Å². The van der Waals surface area contributed by atoms with E-state index < -0.39 is 0 Å². The minimum atomic E-state index is -0.101. The van der Waals surface area contributed by atoms with Crippen LogP contribution in [-0.2, 0) is 11.3 Å². The lowest BCUT2D eigenvalue weighted by atomic mass is 10.2. The molecule has 2 aromatic heterocycles. The Balaban J connectivity index is 1.46. The Kier molecular flexibility index (Phi) is 4.44. The van der Waals surface area contributed by atoms with E-state index in [1.807, 2.05) is 42.5 Å². The van der Waals surface area contributed by atoms with Gasteiger partial charge in [-0.1, -0.05) is 30.3 Å². The number of carbonyl (C=O) groups excluding carboxylic acids is 2. The van der Waals surface area contributed by atoms with Gasteiger partial charge in [-0.15, -0.1) is 22.7 Å². The van der Waals surface area contributed by atoms with E-state index in [9.17, 15) is 9.59 Å². The standard InChI is InChI=1S/C20H16N2O2S2/c1-12(23)22-14-8-6-13(7-9-14)11-21-20(24)18-10-17-19(26-18)15-4-2-3-5-16(15)25-17/h2-10H,11H2,1H3,(H,21,24)(H,22,23). The molecular weight excluding hydrogens is 364 g/mol. The fraction of sp³-hybridized carbons (Fsp3) is 0.100. The number of fused-ring (bicyclic) bond motifs is 3. The third-order valence-electron chi connectivity index (χ3n) is 4.00. The van der Waals surface area contributed by atoms with Crippen LogP contribution < -0.4 is 10.6 Å². The predicted molar refractivity (Wildman–Crippen MR) is 109 cm³/mol. The Labute approximate surface area is 158 Å². The van der Waals surface area contributed by atoms with Crippen LogP contribution in [0.25, 0.3) is 19.5 Å². The summed E-state index contributed by atoms with van der Waals surface area (Å²) in [6.07, 6.45) is 0. The van der Waals surface area contributed by atoms with Crippen molar-refractivity contribution in [3.63, 3.8) is 0 Å². The van der Waals surface area contributed by atoms with Crippen molar-refractivity contribution in [2.24, 2.45) is 0 Å². The van der Waals surface area contributed by atoms with Crippen molar-refractivity contribution in [3.8, 4) is 0 Å². The van der Waals surface area contributed by atoms with Crippen LogP contribution in [0.1, 0.15) is 22.2 Å². The van der Waals surface area contributed by atoms with E-state index in [1.54, 1.807) is 11.3 Å². The Morgan fingerprint density at radius 1 is 0.962 bits per heavy atom. The average Bonchev–Trinajstić information content (AvgIpc) is 3.18. The van der Waals surface area contributed by atoms with Crippen molar-refractivity contribution in [2.45, 2.75) is 13.5 Å². The van der Waals surface area contributed by atoms with Crippen LogP contribution in [0.2, 0.25) is 0 Å². The molecule has 0 aliphatic heterocycles. The lowest BCUT2D eigenvalue weighted by molar-refractivity contribution is -0.114. The highest BCUT2D eigenvalue weighted by molar-refractivity contribution is 7.33. The second-order valence-corrected chi connectivity index (χ2v) is 8.10. The zero-order valence-corrected chi connectivity index (χ0v) is 15.7. The van der Waals surface area contributed by atoms with E-state index in [2.05, 4.69) is 22.8 Å².